The largest absolute Gasteiger partial charge is 0.508 e. The SMILES string of the molecule is Cc1c(O)cc(C(=O)O)c2cc(S(=O)(=O)Nc3ncccc3O)ccc12. The standard InChI is InChI=1S/C17H14N2O6S/c1-9-11-5-4-10(7-12(11)13(17(22)23)8-15(9)21)26(24,25)19-16-14(20)3-2-6-18-16/h2-8,20-21H,1H3,(H,18,19)(H,22,23). The monoisotopic (exact) mass is 374 g/mol. The Morgan fingerprint density at radius 2 is 1.81 bits per heavy atom. The molecule has 0 radical (unpaired) electrons. The van der Waals surface area contributed by atoms with E-state index in [9.17, 15) is 28.5 Å². The number of carbonyl (C=O) groups is 1. The molecule has 0 fully saturated rings. The highest BCUT2D eigenvalue weighted by Gasteiger charge is 2.20. The molecule has 134 valence electrons. The highest BCUT2D eigenvalue weighted by molar-refractivity contribution is 7.92. The van der Waals surface area contributed by atoms with Gasteiger partial charge in [0.15, 0.2) is 11.6 Å². The summed E-state index contributed by atoms with van der Waals surface area (Å²) in [5, 5.41) is 29.5. The number of hydrogen-bond acceptors (Lipinski definition) is 6. The molecule has 3 rings (SSSR count). The average Bonchev–Trinajstić information content (AvgIpc) is 2.59. The van der Waals surface area contributed by atoms with E-state index in [4.69, 9.17) is 0 Å². The molecule has 0 aliphatic rings. The van der Waals surface area contributed by atoms with Crippen LogP contribution in [0.2, 0.25) is 0 Å². The van der Waals surface area contributed by atoms with E-state index in [-0.39, 0.29) is 33.2 Å². The summed E-state index contributed by atoms with van der Waals surface area (Å²) in [6.45, 7) is 1.60. The third-order valence-electron chi connectivity index (χ3n) is 3.91. The number of carboxylic acids is 1. The summed E-state index contributed by atoms with van der Waals surface area (Å²) in [6, 6.07) is 7.70. The molecule has 9 heteroatoms. The summed E-state index contributed by atoms with van der Waals surface area (Å²) < 4.78 is 27.3. The first-order valence-corrected chi connectivity index (χ1v) is 8.85. The number of hydrogen-bond donors (Lipinski definition) is 4. The maximum Gasteiger partial charge on any atom is 0.336 e. The Kier molecular flexibility index (Phi) is 4.17. The van der Waals surface area contributed by atoms with Crippen molar-refractivity contribution in [2.24, 2.45) is 0 Å². The average molecular weight is 374 g/mol. The summed E-state index contributed by atoms with van der Waals surface area (Å²) in [4.78, 5) is 15.0. The number of aromatic nitrogens is 1. The number of phenolic OH excluding ortho intramolecular Hbond substituents is 1. The molecule has 0 aliphatic heterocycles. The predicted octanol–water partition coefficient (Wildman–Crippen LogP) is 2.45. The van der Waals surface area contributed by atoms with Crippen LogP contribution in [-0.2, 0) is 10.0 Å². The number of nitrogens with zero attached hydrogens (tertiary/aromatic N) is 1. The van der Waals surface area contributed by atoms with E-state index in [0.29, 0.717) is 10.9 Å². The summed E-state index contributed by atoms with van der Waals surface area (Å²) >= 11 is 0. The van der Waals surface area contributed by atoms with E-state index < -0.39 is 16.0 Å². The molecule has 0 bridgehead atoms. The van der Waals surface area contributed by atoms with Crippen LogP contribution in [0, 0.1) is 6.92 Å². The second-order valence-corrected chi connectivity index (χ2v) is 7.24. The Hall–Kier alpha value is -3.33. The van der Waals surface area contributed by atoms with Gasteiger partial charge in [-0.3, -0.25) is 4.72 Å². The molecule has 26 heavy (non-hydrogen) atoms. The number of aromatic hydroxyl groups is 2. The molecule has 0 saturated carbocycles. The molecule has 0 saturated heterocycles. The quantitative estimate of drug-likeness (QED) is 0.550. The number of pyridine rings is 1. The molecule has 2 aromatic carbocycles. The number of carboxylic acid groups (broad SMARTS) is 1. The molecule has 0 amide bonds. The normalized spacial score (nSPS) is 11.4. The number of benzene rings is 2. The molecule has 0 atom stereocenters. The van der Waals surface area contributed by atoms with Crippen molar-refractivity contribution in [3.05, 3.63) is 53.7 Å². The zero-order valence-corrected chi connectivity index (χ0v) is 14.3. The second-order valence-electron chi connectivity index (χ2n) is 5.56. The van der Waals surface area contributed by atoms with Crippen molar-refractivity contribution in [1.82, 2.24) is 4.98 Å². The Balaban J connectivity index is 2.17. The zero-order chi connectivity index (χ0) is 19.1. The Morgan fingerprint density at radius 1 is 1.08 bits per heavy atom. The fourth-order valence-corrected chi connectivity index (χ4v) is 3.59. The minimum Gasteiger partial charge on any atom is -0.508 e. The van der Waals surface area contributed by atoms with Gasteiger partial charge in [0.1, 0.15) is 5.75 Å². The third-order valence-corrected chi connectivity index (χ3v) is 5.25. The van der Waals surface area contributed by atoms with Crippen LogP contribution in [0.5, 0.6) is 11.5 Å². The number of aryl methyl sites for hydroxylation is 1. The molecule has 4 N–H and O–H groups in total. The van der Waals surface area contributed by atoms with Crippen molar-refractivity contribution >= 4 is 32.6 Å². The number of anilines is 1. The van der Waals surface area contributed by atoms with E-state index >= 15 is 0 Å². The molecule has 1 heterocycles. The van der Waals surface area contributed by atoms with Gasteiger partial charge in [-0.1, -0.05) is 6.07 Å². The van der Waals surface area contributed by atoms with Gasteiger partial charge in [-0.05, 0) is 53.6 Å². The summed E-state index contributed by atoms with van der Waals surface area (Å²) in [6.07, 6.45) is 1.31. The number of fused-ring (bicyclic) bond motifs is 1. The Bertz CT molecular complexity index is 1140. The van der Waals surface area contributed by atoms with E-state index in [0.717, 1.165) is 6.07 Å². The topological polar surface area (TPSA) is 137 Å². The van der Waals surface area contributed by atoms with Crippen molar-refractivity contribution in [2.75, 3.05) is 4.72 Å². The van der Waals surface area contributed by atoms with E-state index in [1.54, 1.807) is 6.92 Å². The minimum absolute atomic E-state index is 0.168. The van der Waals surface area contributed by atoms with Crippen molar-refractivity contribution in [3.63, 3.8) is 0 Å². The number of phenols is 1. The molecule has 3 aromatic rings. The number of rotatable bonds is 4. The summed E-state index contributed by atoms with van der Waals surface area (Å²) in [7, 11) is -4.12. The van der Waals surface area contributed by atoms with Gasteiger partial charge in [0.2, 0.25) is 0 Å². The van der Waals surface area contributed by atoms with Gasteiger partial charge in [0.05, 0.1) is 10.5 Å². The maximum absolute atomic E-state index is 12.6. The number of nitrogens with one attached hydrogen (secondary N) is 1. The van der Waals surface area contributed by atoms with Crippen LogP contribution in [0.15, 0.2) is 47.5 Å². The van der Waals surface area contributed by atoms with Crippen LogP contribution in [0.25, 0.3) is 10.8 Å². The second kappa shape index (κ2) is 6.19. The Morgan fingerprint density at radius 3 is 2.46 bits per heavy atom. The lowest BCUT2D eigenvalue weighted by Crippen LogP contribution is -2.14. The van der Waals surface area contributed by atoms with E-state index in [1.165, 1.54) is 36.5 Å². The lowest BCUT2D eigenvalue weighted by molar-refractivity contribution is 0.0698. The van der Waals surface area contributed by atoms with Crippen LogP contribution in [0.1, 0.15) is 15.9 Å². The highest BCUT2D eigenvalue weighted by Crippen LogP contribution is 2.32. The van der Waals surface area contributed by atoms with Crippen molar-refractivity contribution in [1.29, 1.82) is 0 Å². The van der Waals surface area contributed by atoms with Crippen LogP contribution >= 0.6 is 0 Å². The zero-order valence-electron chi connectivity index (χ0n) is 13.5. The number of aromatic carboxylic acids is 1. The van der Waals surface area contributed by atoms with Gasteiger partial charge in [0.25, 0.3) is 10.0 Å². The van der Waals surface area contributed by atoms with E-state index in [2.05, 4.69) is 9.71 Å². The molecular formula is C17H14N2O6S. The lowest BCUT2D eigenvalue weighted by atomic mass is 9.99. The first-order valence-electron chi connectivity index (χ1n) is 7.37. The molecule has 0 spiro atoms. The van der Waals surface area contributed by atoms with Gasteiger partial charge in [0, 0.05) is 6.20 Å². The molecular weight excluding hydrogens is 360 g/mol. The number of sulfonamides is 1. The molecule has 0 aliphatic carbocycles. The summed E-state index contributed by atoms with van der Waals surface area (Å²) in [5.41, 5.74) is 0.213. The fourth-order valence-electron chi connectivity index (χ4n) is 2.54. The minimum atomic E-state index is -4.12. The maximum atomic E-state index is 12.6. The Labute approximate surface area is 148 Å². The van der Waals surface area contributed by atoms with Crippen LogP contribution in [0.3, 0.4) is 0 Å². The lowest BCUT2D eigenvalue weighted by Gasteiger charge is -2.12. The van der Waals surface area contributed by atoms with Gasteiger partial charge in [-0.25, -0.2) is 18.2 Å². The van der Waals surface area contributed by atoms with Crippen molar-refractivity contribution in [3.8, 4) is 11.5 Å². The van der Waals surface area contributed by atoms with Gasteiger partial charge < -0.3 is 15.3 Å². The molecule has 0 unspecified atom stereocenters. The van der Waals surface area contributed by atoms with E-state index in [1.807, 2.05) is 0 Å². The predicted molar refractivity (Wildman–Crippen MR) is 94.0 cm³/mol. The molecule has 8 nitrogen and oxygen atoms in total. The van der Waals surface area contributed by atoms with Crippen molar-refractivity contribution in [2.45, 2.75) is 11.8 Å². The van der Waals surface area contributed by atoms with Crippen molar-refractivity contribution < 1.29 is 28.5 Å². The highest BCUT2D eigenvalue weighted by atomic mass is 32.2. The van der Waals surface area contributed by atoms with Crippen LogP contribution in [0.4, 0.5) is 5.82 Å². The third kappa shape index (κ3) is 3.00. The first kappa shape index (κ1) is 17.5. The first-order chi connectivity index (χ1) is 12.2. The van der Waals surface area contributed by atoms with Gasteiger partial charge in [-0.2, -0.15) is 0 Å². The molecule has 1 aromatic heterocycles. The fraction of sp³-hybridized carbons (Fsp3) is 0.0588. The van der Waals surface area contributed by atoms with Crippen LogP contribution < -0.4 is 4.72 Å². The smallest absolute Gasteiger partial charge is 0.336 e. The van der Waals surface area contributed by atoms with Crippen LogP contribution in [-0.4, -0.2) is 34.7 Å². The summed E-state index contributed by atoms with van der Waals surface area (Å²) in [5.74, 6) is -2.07. The van der Waals surface area contributed by atoms with Gasteiger partial charge >= 0.3 is 5.97 Å². The van der Waals surface area contributed by atoms with Gasteiger partial charge in [-0.15, -0.1) is 0 Å².